The smallest absolute Gasteiger partial charge is 0.270 e. The van der Waals surface area contributed by atoms with Crippen LogP contribution in [0.15, 0.2) is 5.38 Å². The summed E-state index contributed by atoms with van der Waals surface area (Å²) in [6.07, 6.45) is 6.01. The number of aliphatic hydroxyl groups excluding tert-OH is 1. The van der Waals surface area contributed by atoms with Crippen LogP contribution in [0.1, 0.15) is 47.6 Å². The summed E-state index contributed by atoms with van der Waals surface area (Å²) in [5, 5.41) is 15.5. The first-order valence-corrected chi connectivity index (χ1v) is 8.19. The number of nitrogens with two attached hydrogens (primary N) is 1. The minimum atomic E-state index is -0.443. The van der Waals surface area contributed by atoms with Crippen molar-refractivity contribution in [2.24, 2.45) is 11.7 Å². The maximum Gasteiger partial charge on any atom is 0.270 e. The molecule has 0 bridgehead atoms. The summed E-state index contributed by atoms with van der Waals surface area (Å²) in [6, 6.07) is 0. The van der Waals surface area contributed by atoms with Crippen LogP contribution in [0.3, 0.4) is 0 Å². The molecule has 1 aromatic heterocycles. The van der Waals surface area contributed by atoms with Crippen molar-refractivity contribution in [2.45, 2.75) is 44.6 Å². The van der Waals surface area contributed by atoms with Gasteiger partial charge in [0.15, 0.2) is 0 Å². The van der Waals surface area contributed by atoms with Crippen molar-refractivity contribution in [2.75, 3.05) is 13.1 Å². The third-order valence-electron chi connectivity index (χ3n) is 3.81. The number of hydrogen-bond donors (Lipinski definition) is 3. The molecule has 0 aromatic carbocycles. The molecule has 21 heavy (non-hydrogen) atoms. The van der Waals surface area contributed by atoms with Gasteiger partial charge in [-0.05, 0) is 25.3 Å². The average molecular weight is 334 g/mol. The number of thiazole rings is 1. The van der Waals surface area contributed by atoms with Crippen molar-refractivity contribution in [3.8, 4) is 0 Å². The number of halogens is 1. The molecule has 7 heteroatoms. The molecule has 1 amide bonds. The van der Waals surface area contributed by atoms with Crippen LogP contribution in [0.5, 0.6) is 0 Å². The summed E-state index contributed by atoms with van der Waals surface area (Å²) in [5.74, 6) is 0.117. The predicted molar refractivity (Wildman–Crippen MR) is 87.0 cm³/mol. The lowest BCUT2D eigenvalue weighted by Crippen LogP contribution is -2.37. The van der Waals surface area contributed by atoms with Gasteiger partial charge in [-0.1, -0.05) is 19.3 Å². The molecule has 1 fully saturated rings. The molecular formula is C14H24ClN3O2S. The lowest BCUT2D eigenvalue weighted by molar-refractivity contribution is 0.0736. The van der Waals surface area contributed by atoms with Crippen LogP contribution in [-0.4, -0.2) is 35.2 Å². The van der Waals surface area contributed by atoms with Crippen LogP contribution < -0.4 is 11.1 Å². The highest BCUT2D eigenvalue weighted by Crippen LogP contribution is 2.26. The van der Waals surface area contributed by atoms with E-state index in [2.05, 4.69) is 10.3 Å². The Kier molecular flexibility index (Phi) is 8.18. The molecule has 120 valence electrons. The third-order valence-corrected chi connectivity index (χ3v) is 4.72. The van der Waals surface area contributed by atoms with Gasteiger partial charge in [0.1, 0.15) is 5.69 Å². The number of aromatic nitrogens is 1. The third kappa shape index (κ3) is 5.54. The second kappa shape index (κ2) is 9.35. The molecule has 1 atom stereocenters. The van der Waals surface area contributed by atoms with E-state index in [-0.39, 0.29) is 18.3 Å². The zero-order valence-electron chi connectivity index (χ0n) is 12.1. The molecule has 0 spiro atoms. The van der Waals surface area contributed by atoms with Crippen LogP contribution in [0.25, 0.3) is 0 Å². The molecule has 1 aromatic rings. The maximum atomic E-state index is 11.9. The zero-order chi connectivity index (χ0) is 14.4. The predicted octanol–water partition coefficient (Wildman–Crippen LogP) is 1.74. The number of nitrogens with one attached hydrogen (secondary N) is 1. The lowest BCUT2D eigenvalue weighted by atomic mass is 9.85. The van der Waals surface area contributed by atoms with Crippen molar-refractivity contribution in [1.82, 2.24) is 10.3 Å². The molecule has 4 N–H and O–H groups in total. The van der Waals surface area contributed by atoms with Gasteiger partial charge in [0, 0.05) is 18.3 Å². The fraction of sp³-hybridized carbons (Fsp3) is 0.714. The number of carbonyl (C=O) groups excluding carboxylic acids is 1. The van der Waals surface area contributed by atoms with Gasteiger partial charge in [-0.25, -0.2) is 4.98 Å². The van der Waals surface area contributed by atoms with Crippen LogP contribution in [-0.2, 0) is 6.42 Å². The van der Waals surface area contributed by atoms with E-state index in [4.69, 9.17) is 5.73 Å². The number of amides is 1. The Balaban J connectivity index is 0.00000220. The summed E-state index contributed by atoms with van der Waals surface area (Å²) in [7, 11) is 0. The second-order valence-corrected chi connectivity index (χ2v) is 6.28. The molecule has 1 heterocycles. The molecule has 0 aliphatic heterocycles. The van der Waals surface area contributed by atoms with Gasteiger partial charge in [-0.2, -0.15) is 0 Å². The fourth-order valence-corrected chi connectivity index (χ4v) is 3.42. The number of aliphatic hydroxyl groups is 1. The highest BCUT2D eigenvalue weighted by atomic mass is 35.5. The Morgan fingerprint density at radius 2 is 2.19 bits per heavy atom. The summed E-state index contributed by atoms with van der Waals surface area (Å²) in [6.45, 7) is 0.849. The van der Waals surface area contributed by atoms with E-state index in [1.807, 2.05) is 0 Å². The maximum absolute atomic E-state index is 11.9. The van der Waals surface area contributed by atoms with E-state index in [1.165, 1.54) is 30.6 Å². The van der Waals surface area contributed by atoms with Gasteiger partial charge in [-0.15, -0.1) is 23.7 Å². The molecular weight excluding hydrogens is 310 g/mol. The van der Waals surface area contributed by atoms with Gasteiger partial charge in [0.05, 0.1) is 11.1 Å². The van der Waals surface area contributed by atoms with Gasteiger partial charge >= 0.3 is 0 Å². The molecule has 0 radical (unpaired) electrons. The van der Waals surface area contributed by atoms with Crippen molar-refractivity contribution in [3.05, 3.63) is 16.1 Å². The van der Waals surface area contributed by atoms with E-state index in [1.54, 1.807) is 5.38 Å². The minimum absolute atomic E-state index is 0. The number of hydrogen-bond acceptors (Lipinski definition) is 5. The highest BCUT2D eigenvalue weighted by molar-refractivity contribution is 7.09. The standard InChI is InChI=1S/C14H23N3O2S.ClH/c15-7-6-13-17-11(9-20-13)14(19)16-8-12(18)10-4-2-1-3-5-10;/h9-10,12,18H,1-8,15H2,(H,16,19);1H. The topological polar surface area (TPSA) is 88.2 Å². The molecule has 5 nitrogen and oxygen atoms in total. The molecule has 1 unspecified atom stereocenters. The normalized spacial score (nSPS) is 17.0. The summed E-state index contributed by atoms with van der Waals surface area (Å²) in [4.78, 5) is 16.2. The Morgan fingerprint density at radius 3 is 2.86 bits per heavy atom. The van der Waals surface area contributed by atoms with Gasteiger partial charge in [-0.3, -0.25) is 4.79 Å². The summed E-state index contributed by atoms with van der Waals surface area (Å²) < 4.78 is 0. The van der Waals surface area contributed by atoms with Gasteiger partial charge in [0.25, 0.3) is 5.91 Å². The van der Waals surface area contributed by atoms with Gasteiger partial charge < -0.3 is 16.2 Å². The largest absolute Gasteiger partial charge is 0.391 e. The first kappa shape index (κ1) is 18.4. The summed E-state index contributed by atoms with van der Waals surface area (Å²) >= 11 is 1.45. The van der Waals surface area contributed by atoms with Crippen molar-refractivity contribution >= 4 is 29.7 Å². The van der Waals surface area contributed by atoms with Crippen LogP contribution in [0, 0.1) is 5.92 Å². The minimum Gasteiger partial charge on any atom is -0.391 e. The van der Waals surface area contributed by atoms with E-state index in [0.29, 0.717) is 31.1 Å². The van der Waals surface area contributed by atoms with Crippen LogP contribution in [0.4, 0.5) is 0 Å². The van der Waals surface area contributed by atoms with Crippen LogP contribution >= 0.6 is 23.7 Å². The molecule has 0 saturated heterocycles. The van der Waals surface area contributed by atoms with E-state index in [0.717, 1.165) is 17.8 Å². The first-order valence-electron chi connectivity index (χ1n) is 7.31. The Hall–Kier alpha value is -0.690. The van der Waals surface area contributed by atoms with E-state index in [9.17, 15) is 9.90 Å². The zero-order valence-corrected chi connectivity index (χ0v) is 13.7. The van der Waals surface area contributed by atoms with E-state index < -0.39 is 6.10 Å². The molecule has 1 saturated carbocycles. The SMILES string of the molecule is Cl.NCCc1nc(C(=O)NCC(O)C2CCCCC2)cs1. The van der Waals surface area contributed by atoms with Crippen molar-refractivity contribution in [1.29, 1.82) is 0 Å². The highest BCUT2D eigenvalue weighted by Gasteiger charge is 2.22. The van der Waals surface area contributed by atoms with Gasteiger partial charge in [0.2, 0.25) is 0 Å². The van der Waals surface area contributed by atoms with Crippen molar-refractivity contribution < 1.29 is 9.90 Å². The van der Waals surface area contributed by atoms with E-state index >= 15 is 0 Å². The number of nitrogens with zero attached hydrogens (tertiary/aromatic N) is 1. The Morgan fingerprint density at radius 1 is 1.48 bits per heavy atom. The monoisotopic (exact) mass is 333 g/mol. The molecule has 2 rings (SSSR count). The Bertz CT molecular complexity index is 436. The quantitative estimate of drug-likeness (QED) is 0.740. The first-order chi connectivity index (χ1) is 9.70. The number of rotatable bonds is 6. The molecule has 1 aliphatic rings. The Labute approximate surface area is 135 Å². The number of carbonyl (C=O) groups is 1. The fourth-order valence-electron chi connectivity index (χ4n) is 2.63. The average Bonchev–Trinajstić information content (AvgIpc) is 2.94. The second-order valence-electron chi connectivity index (χ2n) is 5.34. The molecule has 1 aliphatic carbocycles. The lowest BCUT2D eigenvalue weighted by Gasteiger charge is -2.26. The summed E-state index contributed by atoms with van der Waals surface area (Å²) in [5.41, 5.74) is 5.89. The van der Waals surface area contributed by atoms with Crippen molar-refractivity contribution in [3.63, 3.8) is 0 Å². The van der Waals surface area contributed by atoms with Crippen LogP contribution in [0.2, 0.25) is 0 Å².